The molecule has 0 spiro atoms. The molecule has 0 saturated heterocycles. The number of benzene rings is 2. The van der Waals surface area contributed by atoms with E-state index in [1.54, 1.807) is 0 Å². The summed E-state index contributed by atoms with van der Waals surface area (Å²) in [6, 6.07) is 20.3. The monoisotopic (exact) mass is 343 g/mol. The number of rotatable bonds is 4. The molecule has 1 nitrogen and oxygen atoms in total. The normalized spacial score (nSPS) is 19.1. The Balaban J connectivity index is 1.86. The van der Waals surface area contributed by atoms with Crippen LogP contribution in [0.5, 0.6) is 0 Å². The van der Waals surface area contributed by atoms with Gasteiger partial charge in [0.1, 0.15) is 0 Å². The second-order valence-electron chi connectivity index (χ2n) is 5.93. The third-order valence-corrected chi connectivity index (χ3v) is 5.32. The molecule has 1 aliphatic rings. The number of para-hydroxylation sites is 1. The number of alkyl halides is 1. The third kappa shape index (κ3) is 3.16. The van der Waals surface area contributed by atoms with E-state index < -0.39 is 0 Å². The lowest BCUT2D eigenvalue weighted by Crippen LogP contribution is -2.40. The van der Waals surface area contributed by atoms with Crippen molar-refractivity contribution in [3.05, 3.63) is 65.7 Å². The zero-order valence-corrected chi connectivity index (χ0v) is 14.1. The van der Waals surface area contributed by atoms with Gasteiger partial charge in [-0.3, -0.25) is 0 Å². The maximum absolute atomic E-state index is 3.71. The summed E-state index contributed by atoms with van der Waals surface area (Å²) in [4.78, 5) is 2.60. The summed E-state index contributed by atoms with van der Waals surface area (Å²) in [7, 11) is 0. The largest absolute Gasteiger partial charge is 0.368 e. The molecule has 2 atom stereocenters. The molecule has 21 heavy (non-hydrogen) atoms. The van der Waals surface area contributed by atoms with Gasteiger partial charge in [-0.15, -0.1) is 0 Å². The van der Waals surface area contributed by atoms with Gasteiger partial charge >= 0.3 is 0 Å². The Kier molecular flexibility index (Phi) is 4.64. The number of hydrogen-bond acceptors (Lipinski definition) is 1. The van der Waals surface area contributed by atoms with E-state index in [9.17, 15) is 0 Å². The molecule has 0 bridgehead atoms. The number of aryl methyl sites for hydroxylation is 1. The molecule has 0 aromatic heterocycles. The Morgan fingerprint density at radius 1 is 1.10 bits per heavy atom. The first kappa shape index (κ1) is 14.6. The highest BCUT2D eigenvalue weighted by Gasteiger charge is 2.25. The molecule has 2 aromatic carbocycles. The highest BCUT2D eigenvalue weighted by Crippen LogP contribution is 2.33. The van der Waals surface area contributed by atoms with E-state index in [1.165, 1.54) is 29.7 Å². The number of hydrogen-bond donors (Lipinski definition) is 0. The van der Waals surface area contributed by atoms with Crippen molar-refractivity contribution < 1.29 is 0 Å². The molecule has 0 saturated carbocycles. The van der Waals surface area contributed by atoms with Gasteiger partial charge in [-0.25, -0.2) is 0 Å². The minimum atomic E-state index is 0.528. The zero-order chi connectivity index (χ0) is 14.7. The average Bonchev–Trinajstić information content (AvgIpc) is 2.55. The first-order valence-electron chi connectivity index (χ1n) is 7.75. The highest BCUT2D eigenvalue weighted by molar-refractivity contribution is 9.09. The van der Waals surface area contributed by atoms with E-state index >= 15 is 0 Å². The van der Waals surface area contributed by atoms with E-state index in [2.05, 4.69) is 82.4 Å². The summed E-state index contributed by atoms with van der Waals surface area (Å²) in [5, 5.41) is 1.00. The van der Waals surface area contributed by atoms with E-state index in [0.29, 0.717) is 12.0 Å². The minimum Gasteiger partial charge on any atom is -0.368 e. The molecule has 1 heterocycles. The lowest BCUT2D eigenvalue weighted by molar-refractivity contribution is 0.541. The van der Waals surface area contributed by atoms with Crippen molar-refractivity contribution in [2.45, 2.75) is 31.7 Å². The fourth-order valence-electron chi connectivity index (χ4n) is 3.24. The van der Waals surface area contributed by atoms with Crippen LogP contribution >= 0.6 is 15.9 Å². The van der Waals surface area contributed by atoms with Gasteiger partial charge in [0.2, 0.25) is 0 Å². The van der Waals surface area contributed by atoms with Gasteiger partial charge in [0.15, 0.2) is 0 Å². The van der Waals surface area contributed by atoms with Crippen LogP contribution in [0.3, 0.4) is 0 Å². The Morgan fingerprint density at radius 2 is 1.81 bits per heavy atom. The van der Waals surface area contributed by atoms with Gasteiger partial charge in [-0.05, 0) is 37.0 Å². The van der Waals surface area contributed by atoms with Crippen LogP contribution in [-0.2, 0) is 6.42 Å². The fourth-order valence-corrected chi connectivity index (χ4v) is 3.82. The van der Waals surface area contributed by atoms with Crippen LogP contribution in [0.2, 0.25) is 0 Å². The molecule has 0 aliphatic carbocycles. The minimum absolute atomic E-state index is 0.528. The van der Waals surface area contributed by atoms with Crippen molar-refractivity contribution in [2.75, 3.05) is 16.8 Å². The zero-order valence-electron chi connectivity index (χ0n) is 12.5. The molecule has 2 aromatic rings. The lowest BCUT2D eigenvalue weighted by Gasteiger charge is -2.39. The number of nitrogens with zero attached hydrogens (tertiary/aromatic N) is 1. The van der Waals surface area contributed by atoms with E-state index in [1.807, 2.05) is 0 Å². The van der Waals surface area contributed by atoms with Crippen molar-refractivity contribution in [3.8, 4) is 0 Å². The topological polar surface area (TPSA) is 3.24 Å². The van der Waals surface area contributed by atoms with Gasteiger partial charge in [0.25, 0.3) is 0 Å². The second kappa shape index (κ2) is 6.65. The molecule has 2 heteroatoms. The number of halogens is 1. The Hall–Kier alpha value is -1.28. The molecule has 3 rings (SSSR count). The summed E-state index contributed by atoms with van der Waals surface area (Å²) in [5.41, 5.74) is 4.35. The molecule has 110 valence electrons. The van der Waals surface area contributed by atoms with Crippen LogP contribution < -0.4 is 4.90 Å². The quantitative estimate of drug-likeness (QED) is 0.705. The second-order valence-corrected chi connectivity index (χ2v) is 6.58. The SMILES string of the molecule is CC1CCc2ccccc2N1CC(CBr)c1ccccc1. The molecule has 0 N–H and O–H groups in total. The van der Waals surface area contributed by atoms with Crippen molar-refractivity contribution in [3.63, 3.8) is 0 Å². The summed E-state index contributed by atoms with van der Waals surface area (Å²) >= 11 is 3.71. The smallest absolute Gasteiger partial charge is 0.0401 e. The van der Waals surface area contributed by atoms with E-state index in [4.69, 9.17) is 0 Å². The van der Waals surface area contributed by atoms with E-state index in [0.717, 1.165) is 11.9 Å². The molecule has 1 aliphatic heterocycles. The molecular weight excluding hydrogens is 322 g/mol. The highest BCUT2D eigenvalue weighted by atomic mass is 79.9. The summed E-state index contributed by atoms with van der Waals surface area (Å²) in [6.45, 7) is 3.43. The van der Waals surface area contributed by atoms with Crippen LogP contribution in [0, 0.1) is 0 Å². The maximum atomic E-state index is 3.71. The standard InChI is InChI=1S/C19H22BrN/c1-15-11-12-17-9-5-6-10-19(17)21(15)14-18(13-20)16-7-3-2-4-8-16/h2-10,15,18H,11-14H2,1H3. The van der Waals surface area contributed by atoms with Crippen molar-refractivity contribution >= 4 is 21.6 Å². The lowest BCUT2D eigenvalue weighted by atomic mass is 9.93. The van der Waals surface area contributed by atoms with Gasteiger partial charge in [-0.1, -0.05) is 64.5 Å². The summed E-state index contributed by atoms with van der Waals surface area (Å²) in [6.07, 6.45) is 2.46. The summed E-state index contributed by atoms with van der Waals surface area (Å²) in [5.74, 6) is 0.528. The Bertz CT molecular complexity index is 581. The predicted molar refractivity (Wildman–Crippen MR) is 94.5 cm³/mol. The van der Waals surface area contributed by atoms with Gasteiger partial charge in [0.05, 0.1) is 0 Å². The molecule has 0 fully saturated rings. The summed E-state index contributed by atoms with van der Waals surface area (Å²) < 4.78 is 0. The van der Waals surface area contributed by atoms with Gasteiger partial charge in [-0.2, -0.15) is 0 Å². The van der Waals surface area contributed by atoms with Crippen LogP contribution in [-0.4, -0.2) is 17.9 Å². The van der Waals surface area contributed by atoms with Gasteiger partial charge in [0, 0.05) is 29.5 Å². The van der Waals surface area contributed by atoms with Crippen LogP contribution in [0.1, 0.15) is 30.4 Å². The molecule has 0 radical (unpaired) electrons. The first-order valence-corrected chi connectivity index (χ1v) is 8.87. The maximum Gasteiger partial charge on any atom is 0.0401 e. The van der Waals surface area contributed by atoms with Gasteiger partial charge < -0.3 is 4.90 Å². The first-order chi connectivity index (χ1) is 10.3. The third-order valence-electron chi connectivity index (χ3n) is 4.54. The predicted octanol–water partition coefficient (Wildman–Crippen LogP) is 5.01. The molecule has 2 unspecified atom stereocenters. The molecular formula is C19H22BrN. The van der Waals surface area contributed by atoms with Crippen molar-refractivity contribution in [1.29, 1.82) is 0 Å². The number of anilines is 1. The van der Waals surface area contributed by atoms with Crippen molar-refractivity contribution in [2.24, 2.45) is 0 Å². The van der Waals surface area contributed by atoms with Crippen molar-refractivity contribution in [1.82, 2.24) is 0 Å². The average molecular weight is 344 g/mol. The Morgan fingerprint density at radius 3 is 2.57 bits per heavy atom. The van der Waals surface area contributed by atoms with Crippen LogP contribution in [0.15, 0.2) is 54.6 Å². The fraction of sp³-hybridized carbons (Fsp3) is 0.368. The van der Waals surface area contributed by atoms with Crippen LogP contribution in [0.25, 0.3) is 0 Å². The Labute approximate surface area is 136 Å². The number of fused-ring (bicyclic) bond motifs is 1. The molecule has 0 amide bonds. The van der Waals surface area contributed by atoms with Crippen LogP contribution in [0.4, 0.5) is 5.69 Å². The van der Waals surface area contributed by atoms with E-state index in [-0.39, 0.29) is 0 Å².